The monoisotopic (exact) mass is 540 g/mol. The molecule has 0 heterocycles. The molecule has 39 heavy (non-hydrogen) atoms. The Hall–Kier alpha value is -4.08. The number of anilines is 1. The van der Waals surface area contributed by atoms with E-state index in [0.717, 1.165) is 11.1 Å². The van der Waals surface area contributed by atoms with Gasteiger partial charge in [0.2, 0.25) is 11.8 Å². The number of nitrogens with one attached hydrogen (secondary N) is 2. The number of primary amides is 1. The number of rotatable bonds is 10. The molecule has 0 spiro atoms. The van der Waals surface area contributed by atoms with Crippen LogP contribution in [0.5, 0.6) is 5.75 Å². The van der Waals surface area contributed by atoms with Crippen LogP contribution in [0.1, 0.15) is 63.8 Å². The van der Waals surface area contributed by atoms with Crippen molar-refractivity contribution in [3.8, 4) is 5.75 Å². The lowest BCUT2D eigenvalue weighted by atomic mass is 9.95. The van der Waals surface area contributed by atoms with E-state index in [-0.39, 0.29) is 0 Å². The number of nitrogens with two attached hydrogens (primary N) is 1. The average Bonchev–Trinajstić information content (AvgIpc) is 2.81. The van der Waals surface area contributed by atoms with Crippen LogP contribution in [0.2, 0.25) is 0 Å². The Morgan fingerprint density at radius 1 is 1.00 bits per heavy atom. The first-order chi connectivity index (χ1) is 18.1. The fourth-order valence-electron chi connectivity index (χ4n) is 4.15. The number of hydrogen-bond acceptors (Lipinski definition) is 6. The summed E-state index contributed by atoms with van der Waals surface area (Å²) in [6.45, 7) is 12.3. The van der Waals surface area contributed by atoms with Crippen molar-refractivity contribution in [3.05, 3.63) is 59.2 Å². The second-order valence-electron chi connectivity index (χ2n) is 10.7. The molecule has 212 valence electrons. The van der Waals surface area contributed by atoms with Gasteiger partial charge in [0.15, 0.2) is 0 Å². The predicted octanol–water partition coefficient (Wildman–Crippen LogP) is 4.00. The number of carbonyl (C=O) groups is 4. The molecule has 4 N–H and O–H groups in total. The van der Waals surface area contributed by atoms with Gasteiger partial charge >= 0.3 is 6.09 Å². The summed E-state index contributed by atoms with van der Waals surface area (Å²) >= 11 is 0. The molecule has 0 aliphatic rings. The number of ether oxygens (including phenoxy) is 2. The van der Waals surface area contributed by atoms with Crippen LogP contribution in [0.4, 0.5) is 10.5 Å². The number of alkyl carbamates (subject to hydrolysis) is 1. The Morgan fingerprint density at radius 2 is 1.62 bits per heavy atom. The van der Waals surface area contributed by atoms with Gasteiger partial charge in [-0.1, -0.05) is 23.8 Å². The van der Waals surface area contributed by atoms with Gasteiger partial charge in [-0.15, -0.1) is 0 Å². The molecule has 0 saturated heterocycles. The largest absolute Gasteiger partial charge is 0.497 e. The van der Waals surface area contributed by atoms with Crippen LogP contribution in [0.3, 0.4) is 0 Å². The summed E-state index contributed by atoms with van der Waals surface area (Å²) in [7, 11) is 1.55. The lowest BCUT2D eigenvalue weighted by Crippen LogP contribution is -2.55. The van der Waals surface area contributed by atoms with Crippen molar-refractivity contribution in [3.63, 3.8) is 0 Å². The molecule has 2 aromatic carbocycles. The highest BCUT2D eigenvalue weighted by atomic mass is 16.6. The fourth-order valence-corrected chi connectivity index (χ4v) is 4.15. The number of amides is 4. The molecule has 2 atom stereocenters. The van der Waals surface area contributed by atoms with Crippen molar-refractivity contribution in [1.29, 1.82) is 0 Å². The van der Waals surface area contributed by atoms with Crippen molar-refractivity contribution in [1.82, 2.24) is 10.2 Å². The zero-order valence-electron chi connectivity index (χ0n) is 24.0. The molecule has 2 unspecified atom stereocenters. The van der Waals surface area contributed by atoms with Crippen LogP contribution in [-0.4, -0.2) is 53.5 Å². The smallest absolute Gasteiger partial charge is 0.408 e. The summed E-state index contributed by atoms with van der Waals surface area (Å²) in [5.74, 6) is -1.28. The van der Waals surface area contributed by atoms with Gasteiger partial charge in [0, 0.05) is 11.7 Å². The minimum absolute atomic E-state index is 0.468. The zero-order chi connectivity index (χ0) is 29.5. The minimum Gasteiger partial charge on any atom is -0.497 e. The molecule has 0 aromatic heterocycles. The van der Waals surface area contributed by atoms with Gasteiger partial charge in [0.1, 0.15) is 23.4 Å². The zero-order valence-corrected chi connectivity index (χ0v) is 24.0. The number of carbonyl (C=O) groups excluding carboxylic acids is 4. The van der Waals surface area contributed by atoms with Gasteiger partial charge < -0.3 is 30.7 Å². The maximum atomic E-state index is 14.0. The molecule has 2 rings (SSSR count). The van der Waals surface area contributed by atoms with Gasteiger partial charge in [0.25, 0.3) is 5.91 Å². The molecule has 4 amide bonds. The van der Waals surface area contributed by atoms with Crippen LogP contribution >= 0.6 is 0 Å². The summed E-state index contributed by atoms with van der Waals surface area (Å²) in [5.41, 5.74) is 7.50. The summed E-state index contributed by atoms with van der Waals surface area (Å²) in [5, 5.41) is 5.36. The minimum atomic E-state index is -1.35. The molecule has 10 nitrogen and oxygen atoms in total. The van der Waals surface area contributed by atoms with Crippen LogP contribution in [-0.2, 0) is 19.1 Å². The second kappa shape index (κ2) is 13.1. The van der Waals surface area contributed by atoms with E-state index in [1.807, 2.05) is 26.0 Å². The molecule has 0 bridgehead atoms. The quantitative estimate of drug-likeness (QED) is 0.416. The Labute approximate surface area is 230 Å². The van der Waals surface area contributed by atoms with Gasteiger partial charge in [-0.05, 0) is 83.9 Å². The molecular formula is C29H40N4O6. The van der Waals surface area contributed by atoms with Gasteiger partial charge in [-0.2, -0.15) is 0 Å². The highest BCUT2D eigenvalue weighted by molar-refractivity contribution is 6.00. The van der Waals surface area contributed by atoms with Crippen molar-refractivity contribution in [2.75, 3.05) is 12.4 Å². The number of nitrogens with zero attached hydrogens (tertiary/aromatic N) is 1. The highest BCUT2D eigenvalue weighted by Gasteiger charge is 2.39. The SMILES string of the molecule is COc1ccc(NC(=O)C(c2ccc(C)cc2C)N(C(=O)C(CC(N)=O)NC(=O)OC(C)(C)C)C(C)C)cc1. The highest BCUT2D eigenvalue weighted by Crippen LogP contribution is 2.30. The van der Waals surface area contributed by atoms with Crippen LogP contribution in [0, 0.1) is 13.8 Å². The Bertz CT molecular complexity index is 1190. The first kappa shape index (κ1) is 31.1. The first-order valence-electron chi connectivity index (χ1n) is 12.7. The van der Waals surface area contributed by atoms with Gasteiger partial charge in [-0.3, -0.25) is 14.4 Å². The Morgan fingerprint density at radius 3 is 2.10 bits per heavy atom. The van der Waals surface area contributed by atoms with E-state index in [0.29, 0.717) is 17.0 Å². The molecular weight excluding hydrogens is 500 g/mol. The Balaban J connectivity index is 2.56. The van der Waals surface area contributed by atoms with E-state index in [2.05, 4.69) is 10.6 Å². The van der Waals surface area contributed by atoms with Crippen LogP contribution in [0.15, 0.2) is 42.5 Å². The lowest BCUT2D eigenvalue weighted by molar-refractivity contribution is -0.143. The second-order valence-corrected chi connectivity index (χ2v) is 10.7. The molecule has 10 heteroatoms. The number of methoxy groups -OCH3 is 1. The molecule has 0 aliphatic carbocycles. The van der Waals surface area contributed by atoms with Crippen molar-refractivity contribution in [2.24, 2.45) is 5.73 Å². The van der Waals surface area contributed by atoms with Gasteiger partial charge in [0.05, 0.1) is 13.5 Å². The summed E-state index contributed by atoms with van der Waals surface area (Å²) in [6.07, 6.45) is -1.35. The Kier molecular flexibility index (Phi) is 10.5. The summed E-state index contributed by atoms with van der Waals surface area (Å²) < 4.78 is 10.5. The third-order valence-corrected chi connectivity index (χ3v) is 5.81. The van der Waals surface area contributed by atoms with Crippen molar-refractivity contribution >= 4 is 29.5 Å². The maximum absolute atomic E-state index is 14.0. The summed E-state index contributed by atoms with van der Waals surface area (Å²) in [4.78, 5) is 53.7. The maximum Gasteiger partial charge on any atom is 0.408 e. The van der Waals surface area contributed by atoms with Crippen LogP contribution < -0.4 is 21.1 Å². The number of benzene rings is 2. The fraction of sp³-hybridized carbons (Fsp3) is 0.448. The average molecular weight is 541 g/mol. The van der Waals surface area contributed by atoms with E-state index in [4.69, 9.17) is 15.2 Å². The topological polar surface area (TPSA) is 140 Å². The normalized spacial score (nSPS) is 12.7. The predicted molar refractivity (Wildman–Crippen MR) is 149 cm³/mol. The molecule has 0 saturated carbocycles. The van der Waals surface area contributed by atoms with E-state index >= 15 is 0 Å². The van der Waals surface area contributed by atoms with Gasteiger partial charge in [-0.25, -0.2) is 4.79 Å². The first-order valence-corrected chi connectivity index (χ1v) is 12.7. The van der Waals surface area contributed by atoms with Crippen molar-refractivity contribution in [2.45, 2.75) is 78.6 Å². The number of aryl methyl sites for hydroxylation is 2. The number of hydrogen-bond donors (Lipinski definition) is 3. The van der Waals surface area contributed by atoms with Crippen LogP contribution in [0.25, 0.3) is 0 Å². The van der Waals surface area contributed by atoms with Crippen molar-refractivity contribution < 1.29 is 28.7 Å². The molecule has 2 aromatic rings. The van der Waals surface area contributed by atoms with E-state index in [1.54, 1.807) is 72.1 Å². The third kappa shape index (κ3) is 9.01. The van der Waals surface area contributed by atoms with E-state index < -0.39 is 54.0 Å². The molecule has 0 fully saturated rings. The van der Waals surface area contributed by atoms with E-state index in [9.17, 15) is 19.2 Å². The standard InChI is InChI=1S/C29H40N4O6/c1-17(2)33(27(36)23(16-24(30)34)32-28(37)39-29(5,6)7)25(22-14-9-18(3)15-19(22)4)26(35)31-20-10-12-21(38-8)13-11-20/h9-15,17,23,25H,16H2,1-8H3,(H2,30,34)(H,31,35)(H,32,37). The lowest BCUT2D eigenvalue weighted by Gasteiger charge is -2.37. The molecule has 0 radical (unpaired) electrons. The van der Waals surface area contributed by atoms with E-state index in [1.165, 1.54) is 4.90 Å². The third-order valence-electron chi connectivity index (χ3n) is 5.81. The molecule has 0 aliphatic heterocycles. The summed E-state index contributed by atoms with van der Waals surface area (Å²) in [6, 6.07) is 9.45.